The number of carboxylic acid groups (broad SMARTS) is 1. The van der Waals surface area contributed by atoms with E-state index in [-0.39, 0.29) is 28.1 Å². The van der Waals surface area contributed by atoms with Gasteiger partial charge in [0.25, 0.3) is 0 Å². The van der Waals surface area contributed by atoms with Crippen LogP contribution in [0.1, 0.15) is 38.1 Å². The standard InChI is InChI=1S/C14H22N2O4S/c1-9(2)8-16(10(3)4)21(19,20)13-7-11(15)5-6-12(13)14(17)18/h5-7,9-10H,8,15H2,1-4H3,(H,17,18). The highest BCUT2D eigenvalue weighted by Gasteiger charge is 2.31. The fourth-order valence-electron chi connectivity index (χ4n) is 2.00. The zero-order chi connectivity index (χ0) is 16.4. The van der Waals surface area contributed by atoms with Crippen LogP contribution in [-0.4, -0.2) is 36.4 Å². The van der Waals surface area contributed by atoms with E-state index in [4.69, 9.17) is 5.73 Å². The maximum atomic E-state index is 12.8. The fourth-order valence-corrected chi connectivity index (χ4v) is 4.02. The normalized spacial score (nSPS) is 12.3. The van der Waals surface area contributed by atoms with Crippen molar-refractivity contribution in [3.05, 3.63) is 23.8 Å². The Kier molecular flexibility index (Phi) is 5.36. The number of rotatable bonds is 6. The monoisotopic (exact) mass is 314 g/mol. The number of hydrogen-bond donors (Lipinski definition) is 2. The first kappa shape index (κ1) is 17.5. The van der Waals surface area contributed by atoms with E-state index in [1.807, 2.05) is 13.8 Å². The predicted octanol–water partition coefficient (Wildman–Crippen LogP) is 2.02. The highest BCUT2D eigenvalue weighted by atomic mass is 32.2. The highest BCUT2D eigenvalue weighted by Crippen LogP contribution is 2.25. The van der Waals surface area contributed by atoms with Crippen LogP contribution in [0.2, 0.25) is 0 Å². The van der Waals surface area contributed by atoms with Crippen LogP contribution < -0.4 is 5.73 Å². The van der Waals surface area contributed by atoms with E-state index in [9.17, 15) is 18.3 Å². The molecule has 1 aromatic carbocycles. The lowest BCUT2D eigenvalue weighted by atomic mass is 10.2. The smallest absolute Gasteiger partial charge is 0.337 e. The molecule has 0 aliphatic rings. The fraction of sp³-hybridized carbons (Fsp3) is 0.500. The largest absolute Gasteiger partial charge is 0.478 e. The molecule has 0 saturated carbocycles. The number of carboxylic acids is 1. The van der Waals surface area contributed by atoms with Gasteiger partial charge in [-0.25, -0.2) is 13.2 Å². The molecule has 0 amide bonds. The lowest BCUT2D eigenvalue weighted by Crippen LogP contribution is -2.40. The Morgan fingerprint density at radius 3 is 2.29 bits per heavy atom. The molecule has 0 unspecified atom stereocenters. The third-order valence-corrected chi connectivity index (χ3v) is 5.03. The molecule has 0 bridgehead atoms. The second-order valence-electron chi connectivity index (χ2n) is 5.62. The first-order chi connectivity index (χ1) is 9.57. The molecule has 0 radical (unpaired) electrons. The van der Waals surface area contributed by atoms with Crippen LogP contribution in [0.25, 0.3) is 0 Å². The molecule has 0 aromatic heterocycles. The number of anilines is 1. The van der Waals surface area contributed by atoms with Gasteiger partial charge in [-0.05, 0) is 38.0 Å². The predicted molar refractivity (Wildman–Crippen MR) is 81.7 cm³/mol. The summed E-state index contributed by atoms with van der Waals surface area (Å²) in [6.07, 6.45) is 0. The molecule has 0 atom stereocenters. The van der Waals surface area contributed by atoms with Crippen LogP contribution in [0.15, 0.2) is 23.1 Å². The van der Waals surface area contributed by atoms with Crippen LogP contribution in [0.5, 0.6) is 0 Å². The van der Waals surface area contributed by atoms with Crippen LogP contribution in [0.4, 0.5) is 5.69 Å². The van der Waals surface area contributed by atoms with E-state index in [1.165, 1.54) is 22.5 Å². The number of nitrogens with zero attached hydrogens (tertiary/aromatic N) is 1. The second-order valence-corrected chi connectivity index (χ2v) is 7.48. The molecule has 1 rings (SSSR count). The molecule has 0 aliphatic carbocycles. The summed E-state index contributed by atoms with van der Waals surface area (Å²) in [7, 11) is -3.92. The number of aromatic carboxylic acids is 1. The van der Waals surface area contributed by atoms with Crippen LogP contribution >= 0.6 is 0 Å². The van der Waals surface area contributed by atoms with E-state index in [1.54, 1.807) is 13.8 Å². The van der Waals surface area contributed by atoms with Crippen molar-refractivity contribution in [1.29, 1.82) is 0 Å². The first-order valence-corrected chi connectivity index (χ1v) is 8.16. The van der Waals surface area contributed by atoms with Crippen molar-refractivity contribution in [3.63, 3.8) is 0 Å². The van der Waals surface area contributed by atoms with E-state index in [2.05, 4.69) is 0 Å². The highest BCUT2D eigenvalue weighted by molar-refractivity contribution is 7.89. The van der Waals surface area contributed by atoms with Gasteiger partial charge >= 0.3 is 5.97 Å². The molecule has 0 aliphatic heterocycles. The first-order valence-electron chi connectivity index (χ1n) is 6.72. The van der Waals surface area contributed by atoms with Gasteiger partial charge in [0.05, 0.1) is 10.5 Å². The Balaban J connectivity index is 3.47. The molecule has 0 heterocycles. The van der Waals surface area contributed by atoms with Gasteiger partial charge in [-0.2, -0.15) is 4.31 Å². The Labute approximate surface area is 125 Å². The van der Waals surface area contributed by atoms with Gasteiger partial charge in [-0.1, -0.05) is 13.8 Å². The number of sulfonamides is 1. The Hall–Kier alpha value is -1.60. The topological polar surface area (TPSA) is 101 Å². The van der Waals surface area contributed by atoms with Crippen molar-refractivity contribution < 1.29 is 18.3 Å². The molecule has 1 aromatic rings. The summed E-state index contributed by atoms with van der Waals surface area (Å²) < 4.78 is 26.9. The molecule has 3 N–H and O–H groups in total. The van der Waals surface area contributed by atoms with E-state index >= 15 is 0 Å². The van der Waals surface area contributed by atoms with Crippen molar-refractivity contribution in [2.24, 2.45) is 5.92 Å². The van der Waals surface area contributed by atoms with Crippen molar-refractivity contribution in [1.82, 2.24) is 4.31 Å². The summed E-state index contributed by atoms with van der Waals surface area (Å²) in [6, 6.07) is 3.53. The minimum atomic E-state index is -3.92. The van der Waals surface area contributed by atoms with Crippen molar-refractivity contribution in [2.75, 3.05) is 12.3 Å². The summed E-state index contributed by atoms with van der Waals surface area (Å²) in [5.74, 6) is -1.17. The van der Waals surface area contributed by atoms with Gasteiger partial charge in [0.15, 0.2) is 0 Å². The van der Waals surface area contributed by atoms with E-state index < -0.39 is 16.0 Å². The summed E-state index contributed by atoms with van der Waals surface area (Å²) in [6.45, 7) is 7.64. The van der Waals surface area contributed by atoms with Crippen molar-refractivity contribution in [3.8, 4) is 0 Å². The van der Waals surface area contributed by atoms with Gasteiger partial charge < -0.3 is 10.8 Å². The van der Waals surface area contributed by atoms with Crippen LogP contribution in [-0.2, 0) is 10.0 Å². The van der Waals surface area contributed by atoms with Gasteiger partial charge in [0, 0.05) is 18.3 Å². The van der Waals surface area contributed by atoms with Gasteiger partial charge in [0.2, 0.25) is 10.0 Å². The molecular formula is C14H22N2O4S. The SMILES string of the molecule is CC(C)CN(C(C)C)S(=O)(=O)c1cc(N)ccc1C(=O)O. The third kappa shape index (κ3) is 3.95. The van der Waals surface area contributed by atoms with Crippen LogP contribution in [0, 0.1) is 5.92 Å². The lowest BCUT2D eigenvalue weighted by molar-refractivity contribution is 0.0692. The zero-order valence-electron chi connectivity index (χ0n) is 12.7. The molecule has 118 valence electrons. The number of nitrogens with two attached hydrogens (primary N) is 1. The number of nitrogen functional groups attached to an aromatic ring is 1. The maximum Gasteiger partial charge on any atom is 0.337 e. The average molecular weight is 314 g/mol. The quantitative estimate of drug-likeness (QED) is 0.782. The number of carbonyl (C=O) groups is 1. The van der Waals surface area contributed by atoms with E-state index in [0.717, 1.165) is 0 Å². The zero-order valence-corrected chi connectivity index (χ0v) is 13.5. The third-order valence-electron chi connectivity index (χ3n) is 2.94. The van der Waals surface area contributed by atoms with Gasteiger partial charge in [-0.15, -0.1) is 0 Å². The molecule has 0 saturated heterocycles. The summed E-state index contributed by atoms with van der Waals surface area (Å²) in [5, 5.41) is 9.20. The second kappa shape index (κ2) is 6.44. The molecule has 6 nitrogen and oxygen atoms in total. The molecule has 7 heteroatoms. The summed E-state index contributed by atoms with van der Waals surface area (Å²) in [5.41, 5.74) is 5.58. The number of benzene rings is 1. The molecular weight excluding hydrogens is 292 g/mol. The Morgan fingerprint density at radius 1 is 1.29 bits per heavy atom. The number of hydrogen-bond acceptors (Lipinski definition) is 4. The van der Waals surface area contributed by atoms with Crippen molar-refractivity contribution >= 4 is 21.7 Å². The van der Waals surface area contributed by atoms with E-state index in [0.29, 0.717) is 6.54 Å². The molecule has 21 heavy (non-hydrogen) atoms. The summed E-state index contributed by atoms with van der Waals surface area (Å²) in [4.78, 5) is 11.0. The Morgan fingerprint density at radius 2 is 1.86 bits per heavy atom. The van der Waals surface area contributed by atoms with Crippen LogP contribution in [0.3, 0.4) is 0 Å². The van der Waals surface area contributed by atoms with Gasteiger partial charge in [-0.3, -0.25) is 0 Å². The average Bonchev–Trinajstić information content (AvgIpc) is 2.34. The molecule has 0 spiro atoms. The Bertz CT molecular complexity index is 624. The minimum absolute atomic E-state index is 0.122. The van der Waals surface area contributed by atoms with Crippen molar-refractivity contribution in [2.45, 2.75) is 38.6 Å². The molecule has 0 fully saturated rings. The maximum absolute atomic E-state index is 12.8. The summed E-state index contributed by atoms with van der Waals surface area (Å²) >= 11 is 0. The van der Waals surface area contributed by atoms with Gasteiger partial charge in [0.1, 0.15) is 0 Å². The minimum Gasteiger partial charge on any atom is -0.478 e. The lowest BCUT2D eigenvalue weighted by Gasteiger charge is -2.28.